The number of nitrogens with zero attached hydrogens (tertiary/aromatic N) is 1. The van der Waals surface area contributed by atoms with E-state index in [1.54, 1.807) is 17.5 Å². The second kappa shape index (κ2) is 11.9. The molecule has 2 amide bonds. The molecule has 0 unspecified atom stereocenters. The number of esters is 1. The molecular weight excluding hydrogens is 474 g/mol. The molecular formula is C28H25N3O4S. The second-order valence-corrected chi connectivity index (χ2v) is 9.05. The van der Waals surface area contributed by atoms with Crippen LogP contribution in [0.5, 0.6) is 0 Å². The lowest BCUT2D eigenvalue weighted by molar-refractivity contribution is -0.143. The average Bonchev–Trinajstić information content (AvgIpc) is 3.35. The summed E-state index contributed by atoms with van der Waals surface area (Å²) in [4.78, 5) is 41.0. The van der Waals surface area contributed by atoms with Gasteiger partial charge in [-0.05, 0) is 42.3 Å². The molecule has 0 fully saturated rings. The minimum Gasteiger partial charge on any atom is -0.458 e. The highest BCUT2D eigenvalue weighted by Gasteiger charge is 2.12. The third-order valence-electron chi connectivity index (χ3n) is 5.27. The van der Waals surface area contributed by atoms with Crippen LogP contribution in [0.15, 0.2) is 84.2 Å². The van der Waals surface area contributed by atoms with Crippen LogP contribution in [-0.2, 0) is 27.4 Å². The number of hydrogen-bond acceptors (Lipinski definition) is 6. The predicted octanol–water partition coefficient (Wildman–Crippen LogP) is 4.77. The highest BCUT2D eigenvalue weighted by molar-refractivity contribution is 7.09. The first-order valence-electron chi connectivity index (χ1n) is 11.4. The minimum atomic E-state index is -0.573. The molecule has 4 rings (SSSR count). The van der Waals surface area contributed by atoms with Gasteiger partial charge in [-0.25, -0.2) is 4.98 Å². The van der Waals surface area contributed by atoms with Crippen molar-refractivity contribution in [1.82, 2.24) is 10.3 Å². The normalized spacial score (nSPS) is 10.5. The number of amides is 2. The van der Waals surface area contributed by atoms with Gasteiger partial charge in [-0.1, -0.05) is 60.2 Å². The van der Waals surface area contributed by atoms with E-state index in [1.165, 1.54) is 11.3 Å². The monoisotopic (exact) mass is 499 g/mol. The smallest absolute Gasteiger partial charge is 0.325 e. The summed E-state index contributed by atoms with van der Waals surface area (Å²) in [6, 6.07) is 24.6. The van der Waals surface area contributed by atoms with Crippen LogP contribution in [0.2, 0.25) is 0 Å². The zero-order chi connectivity index (χ0) is 25.3. The van der Waals surface area contributed by atoms with Crippen LogP contribution < -0.4 is 10.6 Å². The third-order valence-corrected chi connectivity index (χ3v) is 6.17. The molecule has 0 aliphatic carbocycles. The van der Waals surface area contributed by atoms with E-state index in [0.717, 1.165) is 22.4 Å². The van der Waals surface area contributed by atoms with Gasteiger partial charge in [0.1, 0.15) is 18.2 Å². The van der Waals surface area contributed by atoms with Crippen molar-refractivity contribution in [2.75, 3.05) is 11.9 Å². The lowest BCUT2D eigenvalue weighted by atomic mass is 10.0. The first-order chi connectivity index (χ1) is 17.5. The van der Waals surface area contributed by atoms with Gasteiger partial charge in [0.2, 0.25) is 5.91 Å². The minimum absolute atomic E-state index is 0.0312. The van der Waals surface area contributed by atoms with Gasteiger partial charge in [-0.2, -0.15) is 0 Å². The van der Waals surface area contributed by atoms with Crippen molar-refractivity contribution in [3.63, 3.8) is 0 Å². The fourth-order valence-corrected chi connectivity index (χ4v) is 4.16. The molecule has 0 bridgehead atoms. The van der Waals surface area contributed by atoms with E-state index in [2.05, 4.69) is 15.6 Å². The van der Waals surface area contributed by atoms with E-state index >= 15 is 0 Å². The van der Waals surface area contributed by atoms with Crippen LogP contribution in [0.4, 0.5) is 5.69 Å². The van der Waals surface area contributed by atoms with Gasteiger partial charge < -0.3 is 15.4 Å². The maximum absolute atomic E-state index is 12.4. The van der Waals surface area contributed by atoms with Crippen LogP contribution in [-0.4, -0.2) is 29.3 Å². The topological polar surface area (TPSA) is 97.4 Å². The van der Waals surface area contributed by atoms with Crippen molar-refractivity contribution in [3.05, 3.63) is 106 Å². The van der Waals surface area contributed by atoms with Crippen LogP contribution in [0.1, 0.15) is 26.6 Å². The first-order valence-corrected chi connectivity index (χ1v) is 12.2. The van der Waals surface area contributed by atoms with E-state index < -0.39 is 5.97 Å². The van der Waals surface area contributed by atoms with E-state index in [0.29, 0.717) is 16.3 Å². The molecule has 7 nitrogen and oxygen atoms in total. The third kappa shape index (κ3) is 7.10. The number of carbonyl (C=O) groups excluding carboxylic acids is 3. The number of benzene rings is 3. The van der Waals surface area contributed by atoms with Crippen LogP contribution in [0.25, 0.3) is 11.1 Å². The van der Waals surface area contributed by atoms with Crippen LogP contribution in [0, 0.1) is 6.92 Å². The number of thiazole rings is 1. The molecule has 2 N–H and O–H groups in total. The van der Waals surface area contributed by atoms with Crippen LogP contribution in [0.3, 0.4) is 0 Å². The number of hydrogen-bond donors (Lipinski definition) is 2. The molecule has 0 atom stereocenters. The van der Waals surface area contributed by atoms with Crippen LogP contribution >= 0.6 is 11.3 Å². The highest BCUT2D eigenvalue weighted by atomic mass is 32.1. The molecule has 0 spiro atoms. The van der Waals surface area contributed by atoms with Crippen molar-refractivity contribution in [2.24, 2.45) is 0 Å². The largest absolute Gasteiger partial charge is 0.458 e. The number of anilines is 1. The van der Waals surface area contributed by atoms with E-state index in [1.807, 2.05) is 73.7 Å². The Morgan fingerprint density at radius 2 is 1.58 bits per heavy atom. The molecule has 0 aliphatic heterocycles. The van der Waals surface area contributed by atoms with Crippen molar-refractivity contribution in [3.8, 4) is 11.1 Å². The van der Waals surface area contributed by atoms with Gasteiger partial charge >= 0.3 is 5.97 Å². The Morgan fingerprint density at radius 1 is 0.889 bits per heavy atom. The van der Waals surface area contributed by atoms with Crippen molar-refractivity contribution in [1.29, 1.82) is 0 Å². The molecule has 0 radical (unpaired) electrons. The molecule has 3 aromatic carbocycles. The Morgan fingerprint density at radius 3 is 2.31 bits per heavy atom. The summed E-state index contributed by atoms with van der Waals surface area (Å²) in [5.41, 5.74) is 4.91. The number of nitrogens with one attached hydrogen (secondary N) is 2. The van der Waals surface area contributed by atoms with Gasteiger partial charge in [0.15, 0.2) is 0 Å². The van der Waals surface area contributed by atoms with Gasteiger partial charge in [-0.15, -0.1) is 11.3 Å². The first kappa shape index (κ1) is 24.8. The molecule has 0 saturated carbocycles. The molecule has 36 heavy (non-hydrogen) atoms. The molecule has 4 aromatic rings. The molecule has 1 aromatic heterocycles. The van der Waals surface area contributed by atoms with Gasteiger partial charge in [-0.3, -0.25) is 14.4 Å². The zero-order valence-electron chi connectivity index (χ0n) is 19.7. The lowest BCUT2D eigenvalue weighted by Crippen LogP contribution is -2.30. The number of rotatable bonds is 9. The maximum Gasteiger partial charge on any atom is 0.325 e. The Labute approximate surface area is 213 Å². The summed E-state index contributed by atoms with van der Waals surface area (Å²) in [6.45, 7) is 1.69. The van der Waals surface area contributed by atoms with E-state index in [4.69, 9.17) is 4.74 Å². The maximum atomic E-state index is 12.4. The molecule has 0 saturated heterocycles. The second-order valence-electron chi connectivity index (χ2n) is 8.11. The predicted molar refractivity (Wildman–Crippen MR) is 140 cm³/mol. The quantitative estimate of drug-likeness (QED) is 0.323. The zero-order valence-corrected chi connectivity index (χ0v) is 20.5. The fourth-order valence-electron chi connectivity index (χ4n) is 3.38. The number of aryl methyl sites for hydroxylation is 1. The molecule has 1 heterocycles. The average molecular weight is 500 g/mol. The summed E-state index contributed by atoms with van der Waals surface area (Å²) in [7, 11) is 0. The summed E-state index contributed by atoms with van der Waals surface area (Å²) in [5, 5.41) is 7.77. The Kier molecular flexibility index (Phi) is 8.20. The van der Waals surface area contributed by atoms with Crippen molar-refractivity contribution >= 4 is 34.8 Å². The van der Waals surface area contributed by atoms with Gasteiger partial charge in [0.05, 0.1) is 12.1 Å². The summed E-state index contributed by atoms with van der Waals surface area (Å²) < 4.78 is 5.21. The molecule has 0 aliphatic rings. The Hall–Kier alpha value is -4.30. The fraction of sp³-hybridized carbons (Fsp3) is 0.143. The summed E-state index contributed by atoms with van der Waals surface area (Å²) in [5.74, 6) is -1.10. The van der Waals surface area contributed by atoms with Crippen molar-refractivity contribution < 1.29 is 19.1 Å². The summed E-state index contributed by atoms with van der Waals surface area (Å²) in [6.07, 6.45) is 0.131. The summed E-state index contributed by atoms with van der Waals surface area (Å²) >= 11 is 1.32. The SMILES string of the molecule is Cc1ccc(NC(=O)Cc2nc(COC(=O)CNC(=O)c3ccc(-c4ccccc4)cc3)cs2)cc1. The number of ether oxygens (including phenoxy) is 1. The standard InChI is InChI=1S/C28H25N3O4S/c1-19-7-13-23(14-8-19)30-25(32)15-26-31-24(18-36-26)17-35-27(33)16-29-28(34)22-11-9-21(10-12-22)20-5-3-2-4-6-20/h2-14,18H,15-17H2,1H3,(H,29,34)(H,30,32). The molecule has 8 heteroatoms. The van der Waals surface area contributed by atoms with Gasteiger partial charge in [0, 0.05) is 16.6 Å². The van der Waals surface area contributed by atoms with E-state index in [-0.39, 0.29) is 31.4 Å². The van der Waals surface area contributed by atoms with Crippen molar-refractivity contribution in [2.45, 2.75) is 20.0 Å². The Balaban J connectivity index is 1.19. The lowest BCUT2D eigenvalue weighted by Gasteiger charge is -2.07. The number of aromatic nitrogens is 1. The van der Waals surface area contributed by atoms with E-state index in [9.17, 15) is 14.4 Å². The Bertz CT molecular complexity index is 1330. The van der Waals surface area contributed by atoms with Gasteiger partial charge in [0.25, 0.3) is 5.91 Å². The highest BCUT2D eigenvalue weighted by Crippen LogP contribution is 2.19. The number of carbonyl (C=O) groups is 3. The molecule has 182 valence electrons.